The second-order valence-electron chi connectivity index (χ2n) is 8.03. The van der Waals surface area contributed by atoms with E-state index in [1.807, 2.05) is 0 Å². The number of hydrogen-bond acceptors (Lipinski definition) is 2. The third-order valence-electron chi connectivity index (χ3n) is 6.67. The molecule has 0 aromatic rings. The Morgan fingerprint density at radius 3 is 2.26 bits per heavy atom. The quantitative estimate of drug-likeness (QED) is 0.780. The van der Waals surface area contributed by atoms with E-state index in [0.717, 1.165) is 11.5 Å². The molecular formula is C17H30N2. The summed E-state index contributed by atoms with van der Waals surface area (Å²) < 4.78 is 0. The van der Waals surface area contributed by atoms with Gasteiger partial charge in [0, 0.05) is 24.7 Å². The summed E-state index contributed by atoms with van der Waals surface area (Å²) in [7, 11) is 0. The fraction of sp³-hybridized carbons (Fsp3) is 1.00. The van der Waals surface area contributed by atoms with Gasteiger partial charge in [0.05, 0.1) is 0 Å². The van der Waals surface area contributed by atoms with E-state index in [1.54, 1.807) is 0 Å². The van der Waals surface area contributed by atoms with E-state index in [2.05, 4.69) is 10.2 Å². The van der Waals surface area contributed by atoms with Crippen molar-refractivity contribution in [3.63, 3.8) is 0 Å². The predicted octanol–water partition coefficient (Wildman–Crippen LogP) is 3.32. The van der Waals surface area contributed by atoms with Crippen molar-refractivity contribution in [1.82, 2.24) is 10.2 Å². The second-order valence-corrected chi connectivity index (χ2v) is 8.03. The van der Waals surface area contributed by atoms with Gasteiger partial charge >= 0.3 is 0 Å². The number of rotatable bonds is 1. The lowest BCUT2D eigenvalue weighted by Gasteiger charge is -2.56. The van der Waals surface area contributed by atoms with Gasteiger partial charge in [-0.25, -0.2) is 0 Å². The summed E-state index contributed by atoms with van der Waals surface area (Å²) in [6.45, 7) is 4.15. The summed E-state index contributed by atoms with van der Waals surface area (Å²) in [5.74, 6) is 0. The number of likely N-dealkylation sites (tertiary alicyclic amines) is 1. The van der Waals surface area contributed by atoms with Crippen molar-refractivity contribution in [3.05, 3.63) is 0 Å². The molecule has 4 fully saturated rings. The molecule has 0 aromatic carbocycles. The molecule has 2 saturated carbocycles. The van der Waals surface area contributed by atoms with Crippen LogP contribution in [0.25, 0.3) is 0 Å². The number of nitrogens with one attached hydrogen (secondary N) is 1. The van der Waals surface area contributed by atoms with Gasteiger partial charge in [0.2, 0.25) is 0 Å². The van der Waals surface area contributed by atoms with Gasteiger partial charge in [0.1, 0.15) is 0 Å². The van der Waals surface area contributed by atoms with E-state index in [0.29, 0.717) is 5.54 Å². The van der Waals surface area contributed by atoms with Gasteiger partial charge in [-0.1, -0.05) is 32.1 Å². The third kappa shape index (κ3) is 2.25. The minimum absolute atomic E-state index is 0.541. The molecule has 4 aliphatic rings. The van der Waals surface area contributed by atoms with Crippen molar-refractivity contribution in [2.75, 3.05) is 19.6 Å². The lowest BCUT2D eigenvalue weighted by Crippen LogP contribution is -2.64. The molecule has 2 heterocycles. The normalized spacial score (nSPS) is 37.6. The first-order valence-corrected chi connectivity index (χ1v) is 8.79. The SMILES string of the molecule is C1CCC2(CC1)CC(N1CC3(CCCC3)C1)CCN2. The highest BCUT2D eigenvalue weighted by Gasteiger charge is 2.49. The summed E-state index contributed by atoms with van der Waals surface area (Å²) in [4.78, 5) is 2.85. The number of nitrogens with zero attached hydrogens (tertiary/aromatic N) is 1. The van der Waals surface area contributed by atoms with E-state index in [4.69, 9.17) is 0 Å². The fourth-order valence-electron chi connectivity index (χ4n) is 5.57. The highest BCUT2D eigenvalue weighted by molar-refractivity contribution is 5.04. The standard InChI is InChI=1S/C17H30N2/c1-2-9-17(10-3-1)12-15(6-11-18-17)19-13-16(14-19)7-4-5-8-16/h15,18H,1-14H2. The first kappa shape index (κ1) is 12.6. The minimum Gasteiger partial charge on any atom is -0.311 e. The first-order chi connectivity index (χ1) is 9.29. The van der Waals surface area contributed by atoms with Gasteiger partial charge in [0.15, 0.2) is 0 Å². The molecule has 2 spiro atoms. The minimum atomic E-state index is 0.541. The summed E-state index contributed by atoms with van der Waals surface area (Å²) in [6, 6.07) is 0.908. The molecule has 108 valence electrons. The zero-order valence-electron chi connectivity index (χ0n) is 12.4. The molecule has 2 aliphatic carbocycles. The van der Waals surface area contributed by atoms with Crippen molar-refractivity contribution in [1.29, 1.82) is 0 Å². The maximum absolute atomic E-state index is 3.90. The molecule has 2 aliphatic heterocycles. The van der Waals surface area contributed by atoms with Crippen LogP contribution in [0, 0.1) is 5.41 Å². The Morgan fingerprint density at radius 2 is 1.53 bits per heavy atom. The molecule has 0 radical (unpaired) electrons. The molecule has 0 bridgehead atoms. The van der Waals surface area contributed by atoms with Crippen LogP contribution in [-0.2, 0) is 0 Å². The van der Waals surface area contributed by atoms with Crippen molar-refractivity contribution in [3.8, 4) is 0 Å². The summed E-state index contributed by atoms with van der Waals surface area (Å²) in [5, 5.41) is 3.90. The molecule has 1 atom stereocenters. The molecule has 2 nitrogen and oxygen atoms in total. The molecule has 0 amide bonds. The summed E-state index contributed by atoms with van der Waals surface area (Å²) >= 11 is 0. The van der Waals surface area contributed by atoms with Crippen LogP contribution in [0.4, 0.5) is 0 Å². The van der Waals surface area contributed by atoms with Crippen molar-refractivity contribution in [2.24, 2.45) is 5.41 Å². The Labute approximate surface area is 118 Å². The van der Waals surface area contributed by atoms with Gasteiger partial charge in [0.25, 0.3) is 0 Å². The van der Waals surface area contributed by atoms with Crippen LogP contribution in [0.15, 0.2) is 0 Å². The molecule has 1 unspecified atom stereocenters. The average molecular weight is 262 g/mol. The summed E-state index contributed by atoms with van der Waals surface area (Å²) in [6.07, 6.45) is 16.2. The number of hydrogen-bond donors (Lipinski definition) is 1. The van der Waals surface area contributed by atoms with Crippen LogP contribution in [0.2, 0.25) is 0 Å². The van der Waals surface area contributed by atoms with Gasteiger partial charge in [-0.15, -0.1) is 0 Å². The Hall–Kier alpha value is -0.0800. The lowest BCUT2D eigenvalue weighted by atomic mass is 9.71. The van der Waals surface area contributed by atoms with Crippen LogP contribution < -0.4 is 5.32 Å². The largest absolute Gasteiger partial charge is 0.311 e. The Balaban J connectivity index is 1.37. The molecule has 2 saturated heterocycles. The van der Waals surface area contributed by atoms with Crippen LogP contribution in [0.5, 0.6) is 0 Å². The average Bonchev–Trinajstić information content (AvgIpc) is 2.87. The molecule has 19 heavy (non-hydrogen) atoms. The zero-order chi connectivity index (χ0) is 12.8. The van der Waals surface area contributed by atoms with E-state index in [1.165, 1.54) is 90.3 Å². The molecular weight excluding hydrogens is 232 g/mol. The first-order valence-electron chi connectivity index (χ1n) is 8.79. The van der Waals surface area contributed by atoms with Gasteiger partial charge in [-0.3, -0.25) is 4.90 Å². The Kier molecular flexibility index (Phi) is 3.15. The maximum Gasteiger partial charge on any atom is 0.0196 e. The topological polar surface area (TPSA) is 15.3 Å². The van der Waals surface area contributed by atoms with Crippen LogP contribution >= 0.6 is 0 Å². The maximum atomic E-state index is 3.90. The monoisotopic (exact) mass is 262 g/mol. The van der Waals surface area contributed by atoms with E-state index < -0.39 is 0 Å². The van der Waals surface area contributed by atoms with E-state index in [9.17, 15) is 0 Å². The zero-order valence-corrected chi connectivity index (χ0v) is 12.4. The van der Waals surface area contributed by atoms with Crippen LogP contribution in [0.3, 0.4) is 0 Å². The van der Waals surface area contributed by atoms with E-state index in [-0.39, 0.29) is 0 Å². The Morgan fingerprint density at radius 1 is 0.842 bits per heavy atom. The highest BCUT2D eigenvalue weighted by Crippen LogP contribution is 2.48. The Bertz CT molecular complexity index is 313. The van der Waals surface area contributed by atoms with Gasteiger partial charge in [-0.2, -0.15) is 0 Å². The van der Waals surface area contributed by atoms with Crippen molar-refractivity contribution >= 4 is 0 Å². The summed E-state index contributed by atoms with van der Waals surface area (Å²) in [5.41, 5.74) is 1.32. The van der Waals surface area contributed by atoms with E-state index >= 15 is 0 Å². The molecule has 0 aromatic heterocycles. The van der Waals surface area contributed by atoms with Gasteiger partial charge in [-0.05, 0) is 50.5 Å². The van der Waals surface area contributed by atoms with Gasteiger partial charge < -0.3 is 5.32 Å². The highest BCUT2D eigenvalue weighted by atomic mass is 15.2. The predicted molar refractivity (Wildman–Crippen MR) is 79.3 cm³/mol. The lowest BCUT2D eigenvalue weighted by molar-refractivity contribution is -0.0504. The second kappa shape index (κ2) is 4.73. The van der Waals surface area contributed by atoms with Crippen LogP contribution in [-0.4, -0.2) is 36.1 Å². The fourth-order valence-corrected chi connectivity index (χ4v) is 5.57. The van der Waals surface area contributed by atoms with Crippen molar-refractivity contribution in [2.45, 2.75) is 82.2 Å². The van der Waals surface area contributed by atoms with Crippen molar-refractivity contribution < 1.29 is 0 Å². The van der Waals surface area contributed by atoms with Crippen LogP contribution in [0.1, 0.15) is 70.6 Å². The molecule has 1 N–H and O–H groups in total. The third-order valence-corrected chi connectivity index (χ3v) is 6.67. The number of piperidine rings is 1. The smallest absolute Gasteiger partial charge is 0.0196 e. The molecule has 2 heteroatoms. The molecule has 4 rings (SSSR count).